The first-order chi connectivity index (χ1) is 36.4. The summed E-state index contributed by atoms with van der Waals surface area (Å²) in [5.41, 5.74) is 16.2. The Kier molecular flexibility index (Phi) is 7.94. The fourth-order valence-electron chi connectivity index (χ4n) is 15.0. The third kappa shape index (κ3) is 4.99. The molecule has 74 heavy (non-hydrogen) atoms. The molecule has 344 valence electrons. The molecule has 16 aromatic rings. The maximum absolute atomic E-state index is 2.57. The van der Waals surface area contributed by atoms with E-state index in [-0.39, 0.29) is 0 Å². The van der Waals surface area contributed by atoms with Crippen LogP contribution in [0.1, 0.15) is 50.7 Å². The normalized spacial score (nSPS) is 12.8. The molecule has 0 spiro atoms. The van der Waals surface area contributed by atoms with E-state index in [0.717, 1.165) is 0 Å². The van der Waals surface area contributed by atoms with Gasteiger partial charge in [-0.05, 0) is 209 Å². The Hall–Kier alpha value is -8.84. The Morgan fingerprint density at radius 3 is 1.18 bits per heavy atom. The molecule has 0 bridgehead atoms. The van der Waals surface area contributed by atoms with E-state index in [1.165, 1.54) is 185 Å². The molecule has 0 heterocycles. The van der Waals surface area contributed by atoms with Gasteiger partial charge in [0.1, 0.15) is 0 Å². The van der Waals surface area contributed by atoms with E-state index < -0.39 is 0 Å². The molecule has 0 heteroatoms. The Balaban J connectivity index is 1.07. The molecule has 1 aliphatic rings. The second-order valence-corrected chi connectivity index (χ2v) is 22.0. The zero-order chi connectivity index (χ0) is 48.8. The van der Waals surface area contributed by atoms with Crippen molar-refractivity contribution in [3.05, 3.63) is 217 Å². The van der Waals surface area contributed by atoms with Crippen LogP contribution in [0.2, 0.25) is 0 Å². The van der Waals surface area contributed by atoms with Crippen molar-refractivity contribution in [2.75, 3.05) is 0 Å². The van der Waals surface area contributed by atoms with E-state index in [1.807, 2.05) is 0 Å². The fraction of sp³-hybridized carbons (Fsp3) is 0.0811. The summed E-state index contributed by atoms with van der Waals surface area (Å²) in [6, 6.07) is 79.4. The van der Waals surface area contributed by atoms with Crippen LogP contribution in [-0.4, -0.2) is 0 Å². The Bertz CT molecular complexity index is 4980. The number of hydrogen-bond donors (Lipinski definition) is 0. The van der Waals surface area contributed by atoms with E-state index in [1.54, 1.807) is 0 Å². The van der Waals surface area contributed by atoms with E-state index in [9.17, 15) is 0 Å². The molecule has 0 saturated carbocycles. The predicted octanol–water partition coefficient (Wildman–Crippen LogP) is 21.6. The molecule has 0 radical (unpaired) electrons. The van der Waals surface area contributed by atoms with Crippen LogP contribution in [0.3, 0.4) is 0 Å². The third-order valence-electron chi connectivity index (χ3n) is 17.7. The van der Waals surface area contributed by atoms with Crippen LogP contribution < -0.4 is 0 Å². The van der Waals surface area contributed by atoms with Gasteiger partial charge < -0.3 is 0 Å². The summed E-state index contributed by atoms with van der Waals surface area (Å²) in [5.74, 6) is 0.739. The van der Waals surface area contributed by atoms with Crippen LogP contribution in [0, 0.1) is 0 Å². The molecule has 0 fully saturated rings. The molecule has 16 aromatic carbocycles. The molecule has 0 nitrogen and oxygen atoms in total. The minimum Gasteiger partial charge on any atom is -0.0622 e. The highest BCUT2D eigenvalue weighted by molar-refractivity contribution is 6.48. The van der Waals surface area contributed by atoms with E-state index >= 15 is 0 Å². The van der Waals surface area contributed by atoms with Crippen molar-refractivity contribution >= 4 is 118 Å². The first-order valence-electron chi connectivity index (χ1n) is 26.6. The van der Waals surface area contributed by atoms with Crippen molar-refractivity contribution in [1.82, 2.24) is 0 Å². The average Bonchev–Trinajstić information content (AvgIpc) is 4.10. The Morgan fingerprint density at radius 2 is 0.622 bits per heavy atom. The van der Waals surface area contributed by atoms with Gasteiger partial charge in [0.15, 0.2) is 0 Å². The third-order valence-corrected chi connectivity index (χ3v) is 17.7. The second kappa shape index (κ2) is 14.4. The molecule has 0 N–H and O–H groups in total. The minimum atomic E-state index is 0.369. The van der Waals surface area contributed by atoms with Gasteiger partial charge in [-0.1, -0.05) is 222 Å². The van der Waals surface area contributed by atoms with Crippen molar-refractivity contribution < 1.29 is 0 Å². The Morgan fingerprint density at radius 1 is 0.216 bits per heavy atom. The van der Waals surface area contributed by atoms with Gasteiger partial charge in [0.25, 0.3) is 0 Å². The molecule has 1 aliphatic carbocycles. The lowest BCUT2D eigenvalue weighted by Gasteiger charge is -2.23. The maximum atomic E-state index is 2.57. The van der Waals surface area contributed by atoms with E-state index in [2.05, 4.69) is 234 Å². The number of rotatable bonds is 5. The highest BCUT2D eigenvalue weighted by atomic mass is 14.4. The van der Waals surface area contributed by atoms with Gasteiger partial charge in [0.2, 0.25) is 0 Å². The van der Waals surface area contributed by atoms with Gasteiger partial charge in [-0.3, -0.25) is 0 Å². The molecule has 17 rings (SSSR count). The summed E-state index contributed by atoms with van der Waals surface area (Å²) >= 11 is 0. The van der Waals surface area contributed by atoms with Crippen LogP contribution >= 0.6 is 0 Å². The molecule has 0 aromatic heterocycles. The van der Waals surface area contributed by atoms with Crippen LogP contribution in [0.5, 0.6) is 0 Å². The molecular formula is C74H48. The molecule has 0 atom stereocenters. The van der Waals surface area contributed by atoms with Gasteiger partial charge >= 0.3 is 0 Å². The van der Waals surface area contributed by atoms with Crippen LogP contribution in [0.25, 0.3) is 174 Å². The SMILES string of the molecule is CC(C)c1c2c(c(C(C)C)c3ccccc13)-c1ccc3c4ccc5c6c(-c7ccccc7-c7ccccc7)c7cc8c(cc7c(-c7ccccc7)c6c6ccc(c7ccc-2c1c73)c4c65)c1cccc2cccc8c21. The van der Waals surface area contributed by atoms with Crippen molar-refractivity contribution in [1.29, 1.82) is 0 Å². The lowest BCUT2D eigenvalue weighted by atomic mass is 9.80. The van der Waals surface area contributed by atoms with Crippen LogP contribution in [-0.2, 0) is 0 Å². The maximum Gasteiger partial charge on any atom is -0.000718 e. The van der Waals surface area contributed by atoms with Gasteiger partial charge in [0, 0.05) is 0 Å². The number of hydrogen-bond acceptors (Lipinski definition) is 0. The van der Waals surface area contributed by atoms with Crippen molar-refractivity contribution in [2.45, 2.75) is 39.5 Å². The van der Waals surface area contributed by atoms with Gasteiger partial charge in [-0.2, -0.15) is 0 Å². The van der Waals surface area contributed by atoms with Gasteiger partial charge in [-0.15, -0.1) is 0 Å². The molecule has 0 unspecified atom stereocenters. The Labute approximate surface area is 428 Å². The van der Waals surface area contributed by atoms with E-state index in [4.69, 9.17) is 0 Å². The van der Waals surface area contributed by atoms with Gasteiger partial charge in [0.05, 0.1) is 0 Å². The zero-order valence-electron chi connectivity index (χ0n) is 41.8. The average molecular weight is 937 g/mol. The summed E-state index contributed by atoms with van der Waals surface area (Å²) in [7, 11) is 0. The topological polar surface area (TPSA) is 0 Å². The highest BCUT2D eigenvalue weighted by Crippen LogP contribution is 2.60. The predicted molar refractivity (Wildman–Crippen MR) is 321 cm³/mol. The van der Waals surface area contributed by atoms with Crippen molar-refractivity contribution in [2.24, 2.45) is 0 Å². The summed E-state index contributed by atoms with van der Waals surface area (Å²) < 4.78 is 0. The summed E-state index contributed by atoms with van der Waals surface area (Å²) in [6.45, 7) is 9.54. The summed E-state index contributed by atoms with van der Waals surface area (Å²) in [6.07, 6.45) is 0. The monoisotopic (exact) mass is 936 g/mol. The molecule has 0 amide bonds. The lowest BCUT2D eigenvalue weighted by Crippen LogP contribution is -2.01. The number of benzene rings is 14. The smallest absolute Gasteiger partial charge is 0.000718 e. The van der Waals surface area contributed by atoms with Crippen molar-refractivity contribution in [3.8, 4) is 55.6 Å². The van der Waals surface area contributed by atoms with Crippen LogP contribution in [0.15, 0.2) is 206 Å². The highest BCUT2D eigenvalue weighted by Gasteiger charge is 2.34. The van der Waals surface area contributed by atoms with Gasteiger partial charge in [-0.25, -0.2) is 0 Å². The minimum absolute atomic E-state index is 0.369. The molecule has 0 aliphatic heterocycles. The first kappa shape index (κ1) is 40.7. The zero-order valence-corrected chi connectivity index (χ0v) is 41.8. The number of fused-ring (bicyclic) bond motifs is 13. The summed E-state index contributed by atoms with van der Waals surface area (Å²) in [4.78, 5) is 0. The van der Waals surface area contributed by atoms with Crippen LogP contribution in [0.4, 0.5) is 0 Å². The summed E-state index contributed by atoms with van der Waals surface area (Å²) in [5, 5.41) is 29.5. The fourth-order valence-corrected chi connectivity index (χ4v) is 15.0. The van der Waals surface area contributed by atoms with Crippen molar-refractivity contribution in [3.63, 3.8) is 0 Å². The standard InChI is InChI=1S/C74H48/c1-39(2)62-46-25-13-14-26-47(46)63(40(3)4)72-55-34-30-51-53-32-36-57-70-56(35-31-52(67(53)70)50-29-33-54(71(62)72)69(55)66(50)51)73-65(43-19-9-6-10-20-43)60-37-58-48-27-15-21-42-22-16-28-49(64(42)48)59(58)38-61(60)68(74(57)73)45-24-12-11-23-44(45)41-17-7-5-8-18-41/h5-40H,1-4H3. The lowest BCUT2D eigenvalue weighted by molar-refractivity contribution is 0.864. The second-order valence-electron chi connectivity index (χ2n) is 22.0. The quantitative estimate of drug-likeness (QED) is 0.119. The first-order valence-corrected chi connectivity index (χ1v) is 26.6. The van der Waals surface area contributed by atoms with E-state index in [0.29, 0.717) is 11.8 Å². The molecular weight excluding hydrogens is 889 g/mol. The largest absolute Gasteiger partial charge is 0.0622 e. The molecule has 0 saturated heterocycles.